The van der Waals surface area contributed by atoms with Gasteiger partial charge < -0.3 is 10.2 Å². The van der Waals surface area contributed by atoms with Crippen molar-refractivity contribution in [2.45, 2.75) is 17.7 Å². The molecule has 1 saturated heterocycles. The minimum atomic E-state index is -0.296. The molecule has 0 spiro atoms. The van der Waals surface area contributed by atoms with Gasteiger partial charge in [-0.15, -0.1) is 11.8 Å². The Bertz CT molecular complexity index is 958. The van der Waals surface area contributed by atoms with Crippen LogP contribution < -0.4 is 10.2 Å². The van der Waals surface area contributed by atoms with E-state index in [1.54, 1.807) is 17.8 Å². The summed E-state index contributed by atoms with van der Waals surface area (Å²) in [5.41, 5.74) is 1.23. The Morgan fingerprint density at radius 1 is 1.30 bits per heavy atom. The lowest BCUT2D eigenvalue weighted by atomic mass is 9.97. The molecule has 0 radical (unpaired) electrons. The van der Waals surface area contributed by atoms with Crippen LogP contribution in [0.1, 0.15) is 12.8 Å². The molecule has 2 aromatic carbocycles. The molecule has 0 bridgehead atoms. The largest absolute Gasteiger partial charge is 0.347 e. The minimum Gasteiger partial charge on any atom is -0.347 e. The highest BCUT2D eigenvalue weighted by Gasteiger charge is 2.27. The summed E-state index contributed by atoms with van der Waals surface area (Å²) in [5, 5.41) is 3.81. The van der Waals surface area contributed by atoms with Crippen LogP contribution in [0, 0.1) is 11.7 Å². The fourth-order valence-electron chi connectivity index (χ4n) is 3.32. The lowest BCUT2D eigenvalue weighted by Gasteiger charge is -2.31. The molecule has 140 valence electrons. The number of nitrogens with zero attached hydrogens (tertiary/aromatic N) is 2. The standard InChI is InChI=1S/C20H20FN3OS2/c1-26-15-9-7-14(8-10-15)22-19(25)13-4-3-11-24(12-13)20-23-18-16(21)5-2-6-17(18)27-20/h2,5-10,13H,3-4,11-12H2,1H3,(H,22,25). The quantitative estimate of drug-likeness (QED) is 0.624. The van der Waals surface area contributed by atoms with Crippen molar-refractivity contribution >= 4 is 50.0 Å². The van der Waals surface area contributed by atoms with E-state index in [1.807, 2.05) is 36.6 Å². The summed E-state index contributed by atoms with van der Waals surface area (Å²) in [6.45, 7) is 1.45. The molecule has 4 nitrogen and oxygen atoms in total. The molecule has 4 rings (SSSR count). The van der Waals surface area contributed by atoms with Crippen LogP contribution >= 0.6 is 23.1 Å². The molecule has 0 saturated carbocycles. The summed E-state index contributed by atoms with van der Waals surface area (Å²) < 4.78 is 14.8. The van der Waals surface area contributed by atoms with Gasteiger partial charge in [-0.25, -0.2) is 9.37 Å². The number of amides is 1. The second kappa shape index (κ2) is 7.86. The zero-order chi connectivity index (χ0) is 18.8. The molecule has 0 aliphatic carbocycles. The van der Waals surface area contributed by atoms with Crippen molar-refractivity contribution in [2.75, 3.05) is 29.6 Å². The summed E-state index contributed by atoms with van der Waals surface area (Å²) in [7, 11) is 0. The molecule has 27 heavy (non-hydrogen) atoms. The van der Waals surface area contributed by atoms with Gasteiger partial charge >= 0.3 is 0 Å². The zero-order valence-electron chi connectivity index (χ0n) is 14.9. The first-order valence-corrected chi connectivity index (χ1v) is 10.9. The van der Waals surface area contributed by atoms with Crippen LogP contribution in [0.3, 0.4) is 0 Å². The van der Waals surface area contributed by atoms with Gasteiger partial charge in [-0.05, 0) is 55.5 Å². The predicted octanol–water partition coefficient (Wildman–Crippen LogP) is 5.01. The van der Waals surface area contributed by atoms with E-state index < -0.39 is 0 Å². The van der Waals surface area contributed by atoms with E-state index in [0.29, 0.717) is 12.1 Å². The van der Waals surface area contributed by atoms with Crippen LogP contribution in [0.5, 0.6) is 0 Å². The monoisotopic (exact) mass is 401 g/mol. The summed E-state index contributed by atoms with van der Waals surface area (Å²) in [4.78, 5) is 20.4. The van der Waals surface area contributed by atoms with Crippen molar-refractivity contribution < 1.29 is 9.18 Å². The number of nitrogens with one attached hydrogen (secondary N) is 1. The smallest absolute Gasteiger partial charge is 0.229 e. The molecule has 1 aliphatic rings. The van der Waals surface area contributed by atoms with Crippen LogP contribution in [0.25, 0.3) is 10.2 Å². The summed E-state index contributed by atoms with van der Waals surface area (Å²) in [5.74, 6) is -0.366. The lowest BCUT2D eigenvalue weighted by Crippen LogP contribution is -2.40. The summed E-state index contributed by atoms with van der Waals surface area (Å²) in [6.07, 6.45) is 3.80. The van der Waals surface area contributed by atoms with Crippen LogP contribution in [0.15, 0.2) is 47.4 Å². The third-order valence-corrected chi connectivity index (χ3v) is 6.60. The maximum absolute atomic E-state index is 13.9. The van der Waals surface area contributed by atoms with E-state index in [1.165, 1.54) is 22.3 Å². The maximum atomic E-state index is 13.9. The fraction of sp³-hybridized carbons (Fsp3) is 0.300. The van der Waals surface area contributed by atoms with Crippen LogP contribution in [0.2, 0.25) is 0 Å². The van der Waals surface area contributed by atoms with Gasteiger partial charge in [0.2, 0.25) is 5.91 Å². The second-order valence-corrected chi connectivity index (χ2v) is 8.47. The van der Waals surface area contributed by atoms with E-state index in [-0.39, 0.29) is 17.6 Å². The Morgan fingerprint density at radius 2 is 2.11 bits per heavy atom. The second-order valence-electron chi connectivity index (χ2n) is 6.59. The highest BCUT2D eigenvalue weighted by atomic mass is 32.2. The molecule has 1 fully saturated rings. The first-order valence-electron chi connectivity index (χ1n) is 8.89. The molecule has 3 aromatic rings. The van der Waals surface area contributed by atoms with Gasteiger partial charge in [0, 0.05) is 23.7 Å². The van der Waals surface area contributed by atoms with Gasteiger partial charge in [-0.1, -0.05) is 17.4 Å². The van der Waals surface area contributed by atoms with Crippen molar-refractivity contribution in [2.24, 2.45) is 5.92 Å². The highest BCUT2D eigenvalue weighted by Crippen LogP contribution is 2.33. The lowest BCUT2D eigenvalue weighted by molar-refractivity contribution is -0.120. The minimum absolute atomic E-state index is 0.0314. The molecular formula is C20H20FN3OS2. The molecule has 1 atom stereocenters. The number of aromatic nitrogens is 1. The Labute approximate surface area is 165 Å². The number of anilines is 2. The Balaban J connectivity index is 1.46. The van der Waals surface area contributed by atoms with E-state index in [0.717, 1.165) is 34.9 Å². The van der Waals surface area contributed by atoms with Gasteiger partial charge in [-0.3, -0.25) is 4.79 Å². The van der Waals surface area contributed by atoms with Crippen LogP contribution in [-0.4, -0.2) is 30.2 Å². The number of hydrogen-bond acceptors (Lipinski definition) is 5. The molecular weight excluding hydrogens is 381 g/mol. The number of thioether (sulfide) groups is 1. The summed E-state index contributed by atoms with van der Waals surface area (Å²) >= 11 is 3.15. The fourth-order valence-corrected chi connectivity index (χ4v) is 4.75. The van der Waals surface area contributed by atoms with E-state index in [4.69, 9.17) is 0 Å². The SMILES string of the molecule is CSc1ccc(NC(=O)C2CCCN(c3nc4c(F)cccc4s3)C2)cc1. The zero-order valence-corrected chi connectivity index (χ0v) is 16.6. The molecule has 1 N–H and O–H groups in total. The average Bonchev–Trinajstić information content (AvgIpc) is 3.14. The first kappa shape index (κ1) is 18.3. The number of piperidine rings is 1. The Kier molecular flexibility index (Phi) is 5.31. The number of benzene rings is 2. The van der Waals surface area contributed by atoms with Gasteiger partial charge in [0.25, 0.3) is 0 Å². The maximum Gasteiger partial charge on any atom is 0.229 e. The molecule has 1 aromatic heterocycles. The van der Waals surface area contributed by atoms with Crippen molar-refractivity contribution in [3.8, 4) is 0 Å². The third-order valence-electron chi connectivity index (χ3n) is 4.78. The van der Waals surface area contributed by atoms with Crippen LogP contribution in [-0.2, 0) is 4.79 Å². The number of rotatable bonds is 4. The molecule has 1 amide bonds. The highest BCUT2D eigenvalue weighted by molar-refractivity contribution is 7.98. The van der Waals surface area contributed by atoms with E-state index in [2.05, 4.69) is 15.2 Å². The number of thiazole rings is 1. The molecule has 2 heterocycles. The first-order chi connectivity index (χ1) is 13.1. The van der Waals surface area contributed by atoms with Gasteiger partial charge in [-0.2, -0.15) is 0 Å². The number of para-hydroxylation sites is 1. The van der Waals surface area contributed by atoms with E-state index in [9.17, 15) is 9.18 Å². The molecule has 1 unspecified atom stereocenters. The van der Waals surface area contributed by atoms with Crippen LogP contribution in [0.4, 0.5) is 15.2 Å². The molecule has 1 aliphatic heterocycles. The number of halogens is 1. The van der Waals surface area contributed by atoms with Gasteiger partial charge in [0.15, 0.2) is 5.13 Å². The topological polar surface area (TPSA) is 45.2 Å². The number of carbonyl (C=O) groups excluding carboxylic acids is 1. The van der Waals surface area contributed by atoms with Crippen molar-refractivity contribution in [1.29, 1.82) is 0 Å². The predicted molar refractivity (Wildman–Crippen MR) is 111 cm³/mol. The van der Waals surface area contributed by atoms with E-state index >= 15 is 0 Å². The number of hydrogen-bond donors (Lipinski definition) is 1. The van der Waals surface area contributed by atoms with Crippen molar-refractivity contribution in [1.82, 2.24) is 4.98 Å². The third kappa shape index (κ3) is 3.94. The van der Waals surface area contributed by atoms with Crippen molar-refractivity contribution in [3.05, 3.63) is 48.3 Å². The number of carbonyl (C=O) groups is 1. The number of fused-ring (bicyclic) bond motifs is 1. The summed E-state index contributed by atoms with van der Waals surface area (Å²) in [6, 6.07) is 12.9. The van der Waals surface area contributed by atoms with Crippen molar-refractivity contribution in [3.63, 3.8) is 0 Å². The Morgan fingerprint density at radius 3 is 2.85 bits per heavy atom. The van der Waals surface area contributed by atoms with Gasteiger partial charge in [0.1, 0.15) is 11.3 Å². The average molecular weight is 402 g/mol. The normalized spacial score (nSPS) is 17.3. The Hall–Kier alpha value is -2.12. The molecule has 7 heteroatoms. The van der Waals surface area contributed by atoms with Gasteiger partial charge in [0.05, 0.1) is 10.6 Å².